The first-order chi connectivity index (χ1) is 6.43. The largest absolute Gasteiger partial charge is 0.364 e. The highest BCUT2D eigenvalue weighted by Gasteiger charge is 2.22. The highest BCUT2D eigenvalue weighted by atomic mass is 79.9. The van der Waals surface area contributed by atoms with Crippen LogP contribution in [0.25, 0.3) is 0 Å². The van der Waals surface area contributed by atoms with Crippen LogP contribution in [-0.4, -0.2) is 15.8 Å². The number of rotatable bonds is 2. The van der Waals surface area contributed by atoms with E-state index in [1.54, 1.807) is 0 Å². The van der Waals surface area contributed by atoms with E-state index < -0.39 is 22.2 Å². The standard InChI is InChI=1S/C6H3BrClN3O3/c7-2-1-3(11(13)14)4(6(9)12)10-5(2)8/h1H,(H2,9,12). The van der Waals surface area contributed by atoms with Crippen LogP contribution in [0.15, 0.2) is 10.5 Å². The van der Waals surface area contributed by atoms with Gasteiger partial charge < -0.3 is 5.73 Å². The Morgan fingerprint density at radius 3 is 2.71 bits per heavy atom. The topological polar surface area (TPSA) is 99.1 Å². The molecule has 0 bridgehead atoms. The Bertz CT molecular complexity index is 384. The van der Waals surface area contributed by atoms with E-state index in [4.69, 9.17) is 17.3 Å². The predicted octanol–water partition coefficient (Wildman–Crippen LogP) is 1.50. The summed E-state index contributed by atoms with van der Waals surface area (Å²) in [5, 5.41) is 10.4. The van der Waals surface area contributed by atoms with E-state index in [2.05, 4.69) is 20.9 Å². The Morgan fingerprint density at radius 2 is 2.29 bits per heavy atom. The van der Waals surface area contributed by atoms with Crippen LogP contribution >= 0.6 is 27.5 Å². The fraction of sp³-hybridized carbons (Fsp3) is 0. The second-order valence-electron chi connectivity index (χ2n) is 2.25. The molecule has 1 heterocycles. The molecule has 0 saturated heterocycles. The van der Waals surface area contributed by atoms with Crippen molar-refractivity contribution in [2.75, 3.05) is 0 Å². The van der Waals surface area contributed by atoms with Gasteiger partial charge in [-0.05, 0) is 15.9 Å². The number of pyridine rings is 1. The van der Waals surface area contributed by atoms with E-state index in [0.717, 1.165) is 6.07 Å². The summed E-state index contributed by atoms with van der Waals surface area (Å²) in [5.74, 6) is -0.994. The van der Waals surface area contributed by atoms with E-state index >= 15 is 0 Å². The third kappa shape index (κ3) is 1.99. The van der Waals surface area contributed by atoms with Crippen LogP contribution in [-0.2, 0) is 0 Å². The van der Waals surface area contributed by atoms with Crippen LogP contribution in [0.4, 0.5) is 5.69 Å². The first kappa shape index (κ1) is 10.9. The minimum absolute atomic E-state index is 0.0515. The molecule has 0 spiro atoms. The summed E-state index contributed by atoms with van der Waals surface area (Å²) in [6.07, 6.45) is 0. The summed E-state index contributed by atoms with van der Waals surface area (Å²) < 4.78 is 0.232. The van der Waals surface area contributed by atoms with Crippen molar-refractivity contribution in [1.29, 1.82) is 0 Å². The Kier molecular flexibility index (Phi) is 3.02. The maximum atomic E-state index is 10.8. The monoisotopic (exact) mass is 279 g/mol. The molecule has 0 aliphatic heterocycles. The number of nitrogens with zero attached hydrogens (tertiary/aromatic N) is 2. The van der Waals surface area contributed by atoms with Crippen molar-refractivity contribution in [3.8, 4) is 0 Å². The van der Waals surface area contributed by atoms with Gasteiger partial charge in [-0.3, -0.25) is 14.9 Å². The van der Waals surface area contributed by atoms with E-state index in [0.29, 0.717) is 0 Å². The van der Waals surface area contributed by atoms with Gasteiger partial charge in [0.15, 0.2) is 0 Å². The number of nitro groups is 1. The van der Waals surface area contributed by atoms with Crippen LogP contribution in [0, 0.1) is 10.1 Å². The fourth-order valence-corrected chi connectivity index (χ4v) is 1.22. The molecule has 0 radical (unpaired) electrons. The minimum Gasteiger partial charge on any atom is -0.364 e. The number of hydrogen-bond acceptors (Lipinski definition) is 4. The molecule has 1 aromatic heterocycles. The van der Waals surface area contributed by atoms with Gasteiger partial charge in [0.25, 0.3) is 5.91 Å². The van der Waals surface area contributed by atoms with Gasteiger partial charge in [0, 0.05) is 6.07 Å². The Hall–Kier alpha value is -1.21. The maximum absolute atomic E-state index is 10.8. The van der Waals surface area contributed by atoms with Crippen molar-refractivity contribution in [3.05, 3.63) is 31.5 Å². The van der Waals surface area contributed by atoms with E-state index in [1.807, 2.05) is 0 Å². The Balaban J connectivity index is 3.46. The molecule has 0 aliphatic rings. The molecule has 6 nitrogen and oxygen atoms in total. The number of carbonyl (C=O) groups excluding carboxylic acids is 1. The zero-order chi connectivity index (χ0) is 10.9. The van der Waals surface area contributed by atoms with Crippen molar-refractivity contribution < 1.29 is 9.72 Å². The SMILES string of the molecule is NC(=O)c1nc(Cl)c(Br)cc1[N+](=O)[O-]. The number of primary amides is 1. The zero-order valence-corrected chi connectivity index (χ0v) is 8.87. The van der Waals surface area contributed by atoms with Gasteiger partial charge in [0.1, 0.15) is 5.15 Å². The lowest BCUT2D eigenvalue weighted by Gasteiger charge is -1.99. The summed E-state index contributed by atoms with van der Waals surface area (Å²) in [5.41, 5.74) is 3.96. The molecule has 2 N–H and O–H groups in total. The van der Waals surface area contributed by atoms with E-state index in [-0.39, 0.29) is 9.63 Å². The van der Waals surface area contributed by atoms with Crippen molar-refractivity contribution >= 4 is 39.1 Å². The predicted molar refractivity (Wildman–Crippen MR) is 52.1 cm³/mol. The first-order valence-corrected chi connectivity index (χ1v) is 4.41. The van der Waals surface area contributed by atoms with E-state index in [1.165, 1.54) is 0 Å². The number of carbonyl (C=O) groups is 1. The van der Waals surface area contributed by atoms with Crippen molar-refractivity contribution in [2.24, 2.45) is 5.73 Å². The van der Waals surface area contributed by atoms with Gasteiger partial charge >= 0.3 is 5.69 Å². The molecule has 0 saturated carbocycles. The van der Waals surface area contributed by atoms with Gasteiger partial charge in [-0.15, -0.1) is 0 Å². The lowest BCUT2D eigenvalue weighted by atomic mass is 10.3. The Labute approximate surface area is 91.3 Å². The molecule has 0 aliphatic carbocycles. The number of hydrogen-bond donors (Lipinski definition) is 1. The molecule has 1 amide bonds. The molecule has 0 atom stereocenters. The van der Waals surface area contributed by atoms with Crippen molar-refractivity contribution in [3.63, 3.8) is 0 Å². The maximum Gasteiger partial charge on any atom is 0.301 e. The third-order valence-corrected chi connectivity index (χ3v) is 2.46. The van der Waals surface area contributed by atoms with Gasteiger partial charge in [-0.2, -0.15) is 0 Å². The highest BCUT2D eigenvalue weighted by molar-refractivity contribution is 9.10. The lowest BCUT2D eigenvalue weighted by Crippen LogP contribution is -2.15. The van der Waals surface area contributed by atoms with Crippen LogP contribution < -0.4 is 5.73 Å². The van der Waals surface area contributed by atoms with Crippen molar-refractivity contribution in [2.45, 2.75) is 0 Å². The molecule has 8 heteroatoms. The third-order valence-electron chi connectivity index (χ3n) is 1.34. The van der Waals surface area contributed by atoms with Crippen LogP contribution in [0.2, 0.25) is 5.15 Å². The molecule has 74 valence electrons. The number of aromatic nitrogens is 1. The average Bonchev–Trinajstić information content (AvgIpc) is 2.08. The number of amides is 1. The molecular weight excluding hydrogens is 277 g/mol. The molecular formula is C6H3BrClN3O3. The van der Waals surface area contributed by atoms with Gasteiger partial charge in [-0.25, -0.2) is 4.98 Å². The smallest absolute Gasteiger partial charge is 0.301 e. The molecule has 0 unspecified atom stereocenters. The molecule has 1 rings (SSSR count). The molecule has 0 aromatic carbocycles. The molecule has 0 fully saturated rings. The molecule has 1 aromatic rings. The lowest BCUT2D eigenvalue weighted by molar-refractivity contribution is -0.385. The van der Waals surface area contributed by atoms with Gasteiger partial charge in [-0.1, -0.05) is 11.6 Å². The second kappa shape index (κ2) is 3.89. The minimum atomic E-state index is -0.994. The summed E-state index contributed by atoms with van der Waals surface area (Å²) in [6, 6.07) is 1.08. The Morgan fingerprint density at radius 1 is 1.71 bits per heavy atom. The normalized spacial score (nSPS) is 9.86. The van der Waals surface area contributed by atoms with Crippen LogP contribution in [0.1, 0.15) is 10.5 Å². The van der Waals surface area contributed by atoms with Crippen LogP contribution in [0.5, 0.6) is 0 Å². The number of halogens is 2. The van der Waals surface area contributed by atoms with Gasteiger partial charge in [0.2, 0.25) is 5.69 Å². The molecule has 14 heavy (non-hydrogen) atoms. The zero-order valence-electron chi connectivity index (χ0n) is 6.53. The second-order valence-corrected chi connectivity index (χ2v) is 3.46. The van der Waals surface area contributed by atoms with Gasteiger partial charge in [0.05, 0.1) is 9.40 Å². The first-order valence-electron chi connectivity index (χ1n) is 3.23. The summed E-state index contributed by atoms with van der Waals surface area (Å²) >= 11 is 8.49. The fourth-order valence-electron chi connectivity index (χ4n) is 0.777. The van der Waals surface area contributed by atoms with Crippen molar-refractivity contribution in [1.82, 2.24) is 4.98 Å². The van der Waals surface area contributed by atoms with Crippen LogP contribution in [0.3, 0.4) is 0 Å². The summed E-state index contributed by atoms with van der Waals surface area (Å²) in [4.78, 5) is 24.0. The summed E-state index contributed by atoms with van der Waals surface area (Å²) in [6.45, 7) is 0. The highest BCUT2D eigenvalue weighted by Crippen LogP contribution is 2.27. The quantitative estimate of drug-likeness (QED) is 0.504. The average molecular weight is 280 g/mol. The number of nitrogens with two attached hydrogens (primary N) is 1. The van der Waals surface area contributed by atoms with E-state index in [9.17, 15) is 14.9 Å². The summed E-state index contributed by atoms with van der Waals surface area (Å²) in [7, 11) is 0.